The van der Waals surface area contributed by atoms with E-state index in [4.69, 9.17) is 4.74 Å². The second kappa shape index (κ2) is 5.52. The van der Waals surface area contributed by atoms with Gasteiger partial charge in [0.15, 0.2) is 0 Å². The molecule has 102 valence electrons. The van der Waals surface area contributed by atoms with Crippen molar-refractivity contribution in [3.8, 4) is 0 Å². The molecule has 0 radical (unpaired) electrons. The summed E-state index contributed by atoms with van der Waals surface area (Å²) in [5, 5.41) is 14.0. The highest BCUT2D eigenvalue weighted by atomic mass is 79.9. The van der Waals surface area contributed by atoms with Crippen LogP contribution in [0.1, 0.15) is 31.4 Å². The number of aliphatic hydroxyl groups is 1. The molecule has 0 aliphatic carbocycles. The van der Waals surface area contributed by atoms with E-state index in [0.29, 0.717) is 0 Å². The van der Waals surface area contributed by atoms with Gasteiger partial charge in [0.25, 0.3) is 0 Å². The third-order valence-corrected chi connectivity index (χ3v) is 5.94. The first-order valence-corrected chi connectivity index (χ1v) is 8.35. The minimum Gasteiger partial charge on any atom is -0.388 e. The van der Waals surface area contributed by atoms with E-state index in [1.807, 2.05) is 12.1 Å². The molecular weight excluding hydrogens is 324 g/mol. The summed E-state index contributed by atoms with van der Waals surface area (Å²) in [6, 6.07) is 6.16. The van der Waals surface area contributed by atoms with Crippen molar-refractivity contribution in [3.05, 3.63) is 33.6 Å². The lowest BCUT2D eigenvalue weighted by Gasteiger charge is -2.22. The number of thiophene rings is 1. The van der Waals surface area contributed by atoms with Gasteiger partial charge in [0.2, 0.25) is 0 Å². The molecule has 0 amide bonds. The van der Waals surface area contributed by atoms with Crippen LogP contribution in [0, 0.1) is 5.92 Å². The third-order valence-electron chi connectivity index (χ3n) is 3.97. The number of rotatable bonds is 3. The molecule has 1 aromatic heterocycles. The van der Waals surface area contributed by atoms with Gasteiger partial charge < -0.3 is 9.84 Å². The monoisotopic (exact) mass is 340 g/mol. The van der Waals surface area contributed by atoms with Gasteiger partial charge in [-0.25, -0.2) is 0 Å². The van der Waals surface area contributed by atoms with Crippen LogP contribution in [-0.4, -0.2) is 17.8 Å². The molecule has 2 nitrogen and oxygen atoms in total. The second-order valence-corrected chi connectivity index (χ2v) is 6.76. The Morgan fingerprint density at radius 2 is 2.37 bits per heavy atom. The number of hydrogen-bond acceptors (Lipinski definition) is 3. The summed E-state index contributed by atoms with van der Waals surface area (Å²) in [6.07, 6.45) is 1.69. The van der Waals surface area contributed by atoms with Gasteiger partial charge in [-0.05, 0) is 51.2 Å². The van der Waals surface area contributed by atoms with Crippen molar-refractivity contribution in [2.24, 2.45) is 5.92 Å². The maximum Gasteiger partial charge on any atom is 0.0857 e. The zero-order valence-electron chi connectivity index (χ0n) is 10.8. The number of benzene rings is 1. The van der Waals surface area contributed by atoms with E-state index in [1.54, 1.807) is 11.3 Å². The summed E-state index contributed by atoms with van der Waals surface area (Å²) >= 11 is 5.26. The summed E-state index contributed by atoms with van der Waals surface area (Å²) in [5.74, 6) is 0.224. The molecular formula is C15H17BrO2S. The van der Waals surface area contributed by atoms with Gasteiger partial charge in [0.1, 0.15) is 0 Å². The SMILES string of the molecule is CCC1OCCC1C(O)c1csc2c(Br)cccc12. The van der Waals surface area contributed by atoms with Gasteiger partial charge in [-0.15, -0.1) is 11.3 Å². The Labute approximate surface area is 125 Å². The average molecular weight is 341 g/mol. The molecule has 2 heterocycles. The Morgan fingerprint density at radius 1 is 1.53 bits per heavy atom. The van der Waals surface area contributed by atoms with Crippen LogP contribution < -0.4 is 0 Å². The van der Waals surface area contributed by atoms with Crippen molar-refractivity contribution in [2.45, 2.75) is 32.0 Å². The highest BCUT2D eigenvalue weighted by Gasteiger charge is 2.34. The summed E-state index contributed by atoms with van der Waals surface area (Å²) in [7, 11) is 0. The van der Waals surface area contributed by atoms with Crippen LogP contribution in [0.25, 0.3) is 10.1 Å². The van der Waals surface area contributed by atoms with Crippen LogP contribution in [0.3, 0.4) is 0 Å². The Bertz CT molecular complexity index is 581. The van der Waals surface area contributed by atoms with Gasteiger partial charge >= 0.3 is 0 Å². The molecule has 0 spiro atoms. The summed E-state index contributed by atoms with van der Waals surface area (Å²) in [5.41, 5.74) is 1.05. The first-order valence-electron chi connectivity index (χ1n) is 6.67. The van der Waals surface area contributed by atoms with Crippen molar-refractivity contribution >= 4 is 37.4 Å². The molecule has 1 aliphatic heterocycles. The van der Waals surface area contributed by atoms with Crippen molar-refractivity contribution in [2.75, 3.05) is 6.61 Å². The molecule has 3 unspecified atom stereocenters. The fourth-order valence-corrected chi connectivity index (χ4v) is 4.60. The lowest BCUT2D eigenvalue weighted by Crippen LogP contribution is -2.21. The molecule has 0 bridgehead atoms. The summed E-state index contributed by atoms with van der Waals surface area (Å²) in [6.45, 7) is 2.89. The van der Waals surface area contributed by atoms with E-state index < -0.39 is 6.10 Å². The first-order chi connectivity index (χ1) is 9.22. The van der Waals surface area contributed by atoms with Gasteiger partial charge in [0, 0.05) is 21.7 Å². The smallest absolute Gasteiger partial charge is 0.0857 e. The van der Waals surface area contributed by atoms with Crippen LogP contribution in [0.4, 0.5) is 0 Å². The van der Waals surface area contributed by atoms with Gasteiger partial charge in [0.05, 0.1) is 12.2 Å². The number of halogens is 1. The first kappa shape index (κ1) is 13.6. The zero-order chi connectivity index (χ0) is 13.4. The van der Waals surface area contributed by atoms with E-state index >= 15 is 0 Å². The molecule has 19 heavy (non-hydrogen) atoms. The van der Waals surface area contributed by atoms with Crippen molar-refractivity contribution in [1.29, 1.82) is 0 Å². The molecule has 4 heteroatoms. The minimum atomic E-state index is -0.421. The standard InChI is InChI=1S/C15H17BrO2S/c1-2-13-10(6-7-18-13)14(17)11-8-19-15-9(11)4-3-5-12(15)16/h3-5,8,10,13-14,17H,2,6-7H2,1H3. The molecule has 0 saturated carbocycles. The molecule has 1 fully saturated rings. The summed E-state index contributed by atoms with van der Waals surface area (Å²) in [4.78, 5) is 0. The normalized spacial score (nSPS) is 25.0. The number of hydrogen-bond donors (Lipinski definition) is 1. The van der Waals surface area contributed by atoms with E-state index in [0.717, 1.165) is 34.9 Å². The van der Waals surface area contributed by atoms with Crippen LogP contribution in [0.15, 0.2) is 28.1 Å². The van der Waals surface area contributed by atoms with Crippen LogP contribution in [0.2, 0.25) is 0 Å². The second-order valence-electron chi connectivity index (χ2n) is 5.02. The van der Waals surface area contributed by atoms with Crippen LogP contribution in [0.5, 0.6) is 0 Å². The van der Waals surface area contributed by atoms with Crippen LogP contribution in [-0.2, 0) is 4.74 Å². The zero-order valence-corrected chi connectivity index (χ0v) is 13.2. The molecule has 1 aromatic carbocycles. The predicted molar refractivity (Wildman–Crippen MR) is 82.6 cm³/mol. The van der Waals surface area contributed by atoms with Gasteiger partial charge in [-0.1, -0.05) is 19.1 Å². The minimum absolute atomic E-state index is 0.192. The fraction of sp³-hybridized carbons (Fsp3) is 0.467. The Hall–Kier alpha value is -0.420. The third kappa shape index (κ3) is 2.35. The van der Waals surface area contributed by atoms with E-state index in [1.165, 1.54) is 4.70 Å². The topological polar surface area (TPSA) is 29.5 Å². The Balaban J connectivity index is 1.98. The Morgan fingerprint density at radius 3 is 3.16 bits per heavy atom. The molecule has 1 aliphatic rings. The number of aliphatic hydroxyl groups excluding tert-OH is 1. The lowest BCUT2D eigenvalue weighted by atomic mass is 9.89. The van der Waals surface area contributed by atoms with Crippen molar-refractivity contribution in [3.63, 3.8) is 0 Å². The molecule has 1 N–H and O–H groups in total. The molecule has 2 aromatic rings. The predicted octanol–water partition coefficient (Wildman–Crippen LogP) is 4.51. The van der Waals surface area contributed by atoms with Gasteiger partial charge in [-0.2, -0.15) is 0 Å². The highest BCUT2D eigenvalue weighted by Crippen LogP contribution is 2.41. The largest absolute Gasteiger partial charge is 0.388 e. The quantitative estimate of drug-likeness (QED) is 0.890. The van der Waals surface area contributed by atoms with Crippen molar-refractivity contribution in [1.82, 2.24) is 0 Å². The van der Waals surface area contributed by atoms with Gasteiger partial charge in [-0.3, -0.25) is 0 Å². The maximum absolute atomic E-state index is 10.7. The van der Waals surface area contributed by atoms with E-state index in [-0.39, 0.29) is 12.0 Å². The fourth-order valence-electron chi connectivity index (χ4n) is 2.95. The van der Waals surface area contributed by atoms with Crippen molar-refractivity contribution < 1.29 is 9.84 Å². The summed E-state index contributed by atoms with van der Waals surface area (Å²) < 4.78 is 8.02. The number of fused-ring (bicyclic) bond motifs is 1. The van der Waals surface area contributed by atoms with E-state index in [2.05, 4.69) is 34.3 Å². The molecule has 3 rings (SSSR count). The van der Waals surface area contributed by atoms with Crippen LogP contribution >= 0.6 is 27.3 Å². The molecule has 3 atom stereocenters. The lowest BCUT2D eigenvalue weighted by molar-refractivity contribution is 0.0315. The maximum atomic E-state index is 10.7. The number of ether oxygens (including phenoxy) is 1. The van der Waals surface area contributed by atoms with E-state index in [9.17, 15) is 5.11 Å². The molecule has 1 saturated heterocycles. The highest BCUT2D eigenvalue weighted by molar-refractivity contribution is 9.10. The average Bonchev–Trinajstić information content (AvgIpc) is 3.05. The Kier molecular flexibility index (Phi) is 3.94.